The quantitative estimate of drug-likeness (QED) is 0.698. The molecule has 0 spiro atoms. The molecule has 0 aliphatic carbocycles. The third-order valence-electron chi connectivity index (χ3n) is 4.79. The molecule has 31 heavy (non-hydrogen) atoms. The fraction of sp³-hybridized carbons (Fsp3) is 0.455. The van der Waals surface area contributed by atoms with Gasteiger partial charge in [-0.25, -0.2) is 14.2 Å². The van der Waals surface area contributed by atoms with Crippen LogP contribution in [-0.2, 0) is 11.3 Å². The molecule has 8 nitrogen and oxygen atoms in total. The summed E-state index contributed by atoms with van der Waals surface area (Å²) in [4.78, 5) is 21.2. The van der Waals surface area contributed by atoms with Crippen molar-refractivity contribution in [2.45, 2.75) is 32.9 Å². The van der Waals surface area contributed by atoms with Crippen LogP contribution >= 0.6 is 0 Å². The lowest BCUT2D eigenvalue weighted by atomic mass is 10.2. The van der Waals surface area contributed by atoms with Crippen LogP contribution in [0.25, 0.3) is 0 Å². The first-order valence-corrected chi connectivity index (χ1v) is 10.2. The topological polar surface area (TPSA) is 93.0 Å². The van der Waals surface area contributed by atoms with Gasteiger partial charge in [0.2, 0.25) is 0 Å². The van der Waals surface area contributed by atoms with E-state index in [4.69, 9.17) is 15.2 Å². The Morgan fingerprint density at radius 1 is 1.19 bits per heavy atom. The summed E-state index contributed by atoms with van der Waals surface area (Å²) in [7, 11) is 2.08. The van der Waals surface area contributed by atoms with Gasteiger partial charge in [0.1, 0.15) is 17.2 Å². The lowest BCUT2D eigenvalue weighted by molar-refractivity contribution is 0.0635. The number of nitrogens with two attached hydrogens (primary N) is 1. The zero-order valence-corrected chi connectivity index (χ0v) is 18.4. The van der Waals surface area contributed by atoms with Crippen LogP contribution in [0.1, 0.15) is 26.3 Å². The van der Waals surface area contributed by atoms with Crippen LogP contribution in [0.4, 0.5) is 20.7 Å². The predicted molar refractivity (Wildman–Crippen MR) is 118 cm³/mol. The smallest absolute Gasteiger partial charge is 0.413 e. The number of halogens is 1. The van der Waals surface area contributed by atoms with E-state index in [1.165, 1.54) is 18.3 Å². The number of piperazine rings is 1. The third-order valence-corrected chi connectivity index (χ3v) is 4.79. The molecule has 0 unspecified atom stereocenters. The summed E-state index contributed by atoms with van der Waals surface area (Å²) >= 11 is 0. The Bertz CT molecular complexity index is 924. The number of carbonyl (C=O) groups is 1. The molecule has 0 saturated carbocycles. The largest absolute Gasteiger partial charge is 0.454 e. The molecule has 0 atom stereocenters. The first-order valence-electron chi connectivity index (χ1n) is 10.2. The molecule has 1 aliphatic rings. The lowest BCUT2D eigenvalue weighted by Gasteiger charge is -2.33. The normalized spacial score (nSPS) is 15.5. The van der Waals surface area contributed by atoms with Crippen molar-refractivity contribution in [1.82, 2.24) is 14.8 Å². The monoisotopic (exact) mass is 431 g/mol. The highest BCUT2D eigenvalue weighted by Crippen LogP contribution is 2.32. The van der Waals surface area contributed by atoms with Crippen LogP contribution in [0.15, 0.2) is 30.5 Å². The molecule has 0 radical (unpaired) electrons. The number of nitrogens with one attached hydrogen (secondary N) is 1. The number of anilines is 2. The fourth-order valence-corrected chi connectivity index (χ4v) is 3.18. The van der Waals surface area contributed by atoms with Gasteiger partial charge in [-0.3, -0.25) is 10.2 Å². The summed E-state index contributed by atoms with van der Waals surface area (Å²) in [5, 5.41) is 2.71. The number of nitrogen functional groups attached to an aromatic ring is 1. The minimum atomic E-state index is -0.650. The van der Waals surface area contributed by atoms with E-state index < -0.39 is 17.5 Å². The van der Waals surface area contributed by atoms with Gasteiger partial charge in [-0.1, -0.05) is 0 Å². The molecule has 0 bridgehead atoms. The number of hydrogen-bond donors (Lipinski definition) is 2. The average Bonchev–Trinajstić information content (AvgIpc) is 2.66. The highest BCUT2D eigenvalue weighted by molar-refractivity contribution is 5.85. The highest BCUT2D eigenvalue weighted by atomic mass is 19.1. The Labute approximate surface area is 182 Å². The Kier molecular flexibility index (Phi) is 6.97. The van der Waals surface area contributed by atoms with Crippen molar-refractivity contribution < 1.29 is 18.7 Å². The molecular weight excluding hydrogens is 401 g/mol. The predicted octanol–water partition coefficient (Wildman–Crippen LogP) is 3.69. The van der Waals surface area contributed by atoms with Gasteiger partial charge < -0.3 is 20.1 Å². The van der Waals surface area contributed by atoms with Crippen molar-refractivity contribution in [1.29, 1.82) is 0 Å². The van der Waals surface area contributed by atoms with E-state index in [-0.39, 0.29) is 5.75 Å². The molecule has 1 amide bonds. The zero-order valence-electron chi connectivity index (χ0n) is 18.4. The van der Waals surface area contributed by atoms with Gasteiger partial charge in [0, 0.05) is 50.7 Å². The minimum Gasteiger partial charge on any atom is -0.454 e. The van der Waals surface area contributed by atoms with Gasteiger partial charge in [-0.05, 0) is 46.0 Å². The van der Waals surface area contributed by atoms with Crippen molar-refractivity contribution in [3.63, 3.8) is 0 Å². The Balaban J connectivity index is 1.90. The first-order chi connectivity index (χ1) is 14.6. The molecule has 3 rings (SSSR count). The average molecular weight is 432 g/mol. The summed E-state index contributed by atoms with van der Waals surface area (Å²) in [5.74, 6) is 0.206. The van der Waals surface area contributed by atoms with Crippen molar-refractivity contribution in [2.75, 3.05) is 44.3 Å². The third kappa shape index (κ3) is 6.53. The van der Waals surface area contributed by atoms with E-state index in [1.807, 2.05) is 0 Å². The van der Waals surface area contributed by atoms with Gasteiger partial charge in [-0.2, -0.15) is 0 Å². The number of amides is 1. The number of aromatic nitrogens is 1. The van der Waals surface area contributed by atoms with Crippen molar-refractivity contribution in [3.8, 4) is 11.5 Å². The minimum absolute atomic E-state index is 0.0447. The van der Waals surface area contributed by atoms with Crippen molar-refractivity contribution >= 4 is 17.6 Å². The van der Waals surface area contributed by atoms with Crippen LogP contribution < -0.4 is 15.8 Å². The summed E-state index contributed by atoms with van der Waals surface area (Å²) in [6.07, 6.45) is 0.889. The maximum absolute atomic E-state index is 14.3. The molecule has 2 heterocycles. The molecule has 3 N–H and O–H groups in total. The molecule has 1 aliphatic heterocycles. The second-order valence-corrected chi connectivity index (χ2v) is 8.63. The molecule has 1 aromatic heterocycles. The maximum atomic E-state index is 14.3. The number of pyridine rings is 1. The molecule has 1 fully saturated rings. The summed E-state index contributed by atoms with van der Waals surface area (Å²) < 4.78 is 25.6. The van der Waals surface area contributed by atoms with Crippen molar-refractivity contribution in [3.05, 3.63) is 41.8 Å². The van der Waals surface area contributed by atoms with Crippen LogP contribution in [0.2, 0.25) is 0 Å². The number of ether oxygens (including phenoxy) is 2. The number of carbonyl (C=O) groups excluding carboxylic acids is 1. The van der Waals surface area contributed by atoms with Crippen LogP contribution in [0.3, 0.4) is 0 Å². The SMILES string of the molecule is CN1CCN(Cc2c(Oc3ccc(N)cc3F)ccnc2NC(=O)OC(C)(C)C)CC1. The number of nitrogens with zero attached hydrogens (tertiary/aromatic N) is 3. The highest BCUT2D eigenvalue weighted by Gasteiger charge is 2.23. The maximum Gasteiger partial charge on any atom is 0.413 e. The van der Waals surface area contributed by atoms with Gasteiger partial charge >= 0.3 is 6.09 Å². The van der Waals surface area contributed by atoms with Crippen LogP contribution in [-0.4, -0.2) is 59.7 Å². The molecule has 168 valence electrons. The van der Waals surface area contributed by atoms with E-state index in [2.05, 4.69) is 27.1 Å². The van der Waals surface area contributed by atoms with Gasteiger partial charge in [0.15, 0.2) is 11.6 Å². The number of likely N-dealkylation sites (N-methyl/N-ethyl adjacent to an activating group) is 1. The Hall–Kier alpha value is -2.91. The van der Waals surface area contributed by atoms with E-state index >= 15 is 0 Å². The van der Waals surface area contributed by atoms with E-state index in [1.54, 1.807) is 32.9 Å². The van der Waals surface area contributed by atoms with E-state index in [0.29, 0.717) is 29.4 Å². The molecule has 1 saturated heterocycles. The van der Waals surface area contributed by atoms with Crippen LogP contribution in [0.5, 0.6) is 11.5 Å². The Morgan fingerprint density at radius 2 is 1.90 bits per heavy atom. The number of rotatable bonds is 5. The van der Waals surface area contributed by atoms with Crippen LogP contribution in [0, 0.1) is 5.82 Å². The van der Waals surface area contributed by atoms with E-state index in [0.717, 1.165) is 26.2 Å². The second kappa shape index (κ2) is 9.49. The second-order valence-electron chi connectivity index (χ2n) is 8.63. The fourth-order valence-electron chi connectivity index (χ4n) is 3.18. The van der Waals surface area contributed by atoms with Gasteiger partial charge in [0.25, 0.3) is 0 Å². The van der Waals surface area contributed by atoms with Crippen molar-refractivity contribution in [2.24, 2.45) is 0 Å². The Morgan fingerprint density at radius 3 is 2.55 bits per heavy atom. The standard InChI is InChI=1S/C22H30FN5O3/c1-22(2,3)31-21(29)26-20-16(14-28-11-9-27(4)10-12-28)18(7-8-25-20)30-19-6-5-15(24)13-17(19)23/h5-8,13H,9-12,14,24H2,1-4H3,(H,25,26,29). The summed E-state index contributed by atoms with van der Waals surface area (Å²) in [6, 6.07) is 5.91. The number of hydrogen-bond acceptors (Lipinski definition) is 7. The summed E-state index contributed by atoms with van der Waals surface area (Å²) in [6.45, 7) is 9.41. The lowest BCUT2D eigenvalue weighted by Crippen LogP contribution is -2.44. The molecule has 2 aromatic rings. The molecule has 9 heteroatoms. The number of benzene rings is 1. The van der Waals surface area contributed by atoms with Gasteiger partial charge in [0.05, 0.1) is 5.56 Å². The zero-order chi connectivity index (χ0) is 22.6. The van der Waals surface area contributed by atoms with Gasteiger partial charge in [-0.15, -0.1) is 0 Å². The molecular formula is C22H30FN5O3. The summed E-state index contributed by atoms with van der Waals surface area (Å²) in [5.41, 5.74) is 5.94. The first kappa shape index (κ1) is 22.8. The van der Waals surface area contributed by atoms with E-state index in [9.17, 15) is 9.18 Å². The molecule has 1 aromatic carbocycles.